The minimum Gasteiger partial charge on any atom is -0.328 e. The van der Waals surface area contributed by atoms with Gasteiger partial charge in [-0.25, -0.2) is 4.39 Å². The largest absolute Gasteiger partial charge is 0.328 e. The molecule has 0 radical (unpaired) electrons. The minimum atomic E-state index is -0.390. The maximum atomic E-state index is 13.3. The SMILES string of the molecule is CC(N)CCC(=O)Cc1cc(Cl)ccc1F. The monoisotopic (exact) mass is 243 g/mol. The molecule has 1 aromatic rings. The van der Waals surface area contributed by atoms with Crippen LogP contribution in [0.3, 0.4) is 0 Å². The van der Waals surface area contributed by atoms with Crippen LogP contribution in [0.4, 0.5) is 4.39 Å². The van der Waals surface area contributed by atoms with E-state index in [4.69, 9.17) is 17.3 Å². The summed E-state index contributed by atoms with van der Waals surface area (Å²) < 4.78 is 13.3. The molecule has 0 amide bonds. The Morgan fingerprint density at radius 2 is 2.25 bits per heavy atom. The van der Waals surface area contributed by atoms with E-state index < -0.39 is 5.82 Å². The molecule has 88 valence electrons. The molecule has 16 heavy (non-hydrogen) atoms. The number of carbonyl (C=O) groups excluding carboxylic acids is 1. The van der Waals surface area contributed by atoms with E-state index in [0.717, 1.165) is 0 Å². The number of hydrogen-bond acceptors (Lipinski definition) is 2. The Kier molecular flexibility index (Phi) is 4.90. The summed E-state index contributed by atoms with van der Waals surface area (Å²) in [5.41, 5.74) is 5.89. The van der Waals surface area contributed by atoms with Crippen LogP contribution >= 0.6 is 11.6 Å². The molecular weight excluding hydrogens is 229 g/mol. The van der Waals surface area contributed by atoms with Crippen molar-refractivity contribution >= 4 is 17.4 Å². The van der Waals surface area contributed by atoms with Crippen molar-refractivity contribution in [3.63, 3.8) is 0 Å². The second-order valence-electron chi connectivity index (χ2n) is 3.97. The molecule has 0 aliphatic heterocycles. The van der Waals surface area contributed by atoms with Gasteiger partial charge in [0.1, 0.15) is 11.6 Å². The number of rotatable bonds is 5. The predicted molar refractivity (Wildman–Crippen MR) is 63.0 cm³/mol. The summed E-state index contributed by atoms with van der Waals surface area (Å²) in [6, 6.07) is 4.22. The molecule has 0 spiro atoms. The second kappa shape index (κ2) is 5.97. The van der Waals surface area contributed by atoms with Gasteiger partial charge in [0.2, 0.25) is 0 Å². The quantitative estimate of drug-likeness (QED) is 0.864. The van der Waals surface area contributed by atoms with Gasteiger partial charge in [-0.2, -0.15) is 0 Å². The summed E-state index contributed by atoms with van der Waals surface area (Å²) in [5, 5.41) is 0.441. The Bertz CT molecular complexity index is 379. The summed E-state index contributed by atoms with van der Waals surface area (Å²) in [4.78, 5) is 11.5. The molecule has 0 bridgehead atoms. The summed E-state index contributed by atoms with van der Waals surface area (Å²) in [7, 11) is 0. The maximum Gasteiger partial charge on any atom is 0.137 e. The molecule has 0 fully saturated rings. The van der Waals surface area contributed by atoms with Gasteiger partial charge in [-0.3, -0.25) is 4.79 Å². The molecule has 0 aliphatic rings. The molecule has 1 aromatic carbocycles. The Hall–Kier alpha value is -0.930. The van der Waals surface area contributed by atoms with Crippen molar-refractivity contribution in [1.29, 1.82) is 0 Å². The average Bonchev–Trinajstić information content (AvgIpc) is 2.20. The first-order chi connectivity index (χ1) is 7.49. The van der Waals surface area contributed by atoms with Crippen molar-refractivity contribution in [3.8, 4) is 0 Å². The highest BCUT2D eigenvalue weighted by Crippen LogP contribution is 2.16. The standard InChI is InChI=1S/C12H15ClFNO/c1-8(15)2-4-11(16)7-9-6-10(13)3-5-12(9)14/h3,5-6,8H,2,4,7,15H2,1H3. The van der Waals surface area contributed by atoms with E-state index in [9.17, 15) is 9.18 Å². The first-order valence-electron chi connectivity index (χ1n) is 5.20. The minimum absolute atomic E-state index is 0.00633. The fourth-order valence-corrected chi connectivity index (χ4v) is 1.56. The van der Waals surface area contributed by atoms with Crippen molar-refractivity contribution in [2.45, 2.75) is 32.2 Å². The molecule has 0 heterocycles. The van der Waals surface area contributed by atoms with Crippen molar-refractivity contribution < 1.29 is 9.18 Å². The normalized spacial score (nSPS) is 12.5. The van der Waals surface area contributed by atoms with Gasteiger partial charge in [0.15, 0.2) is 0 Å². The lowest BCUT2D eigenvalue weighted by Gasteiger charge is -2.05. The van der Waals surface area contributed by atoms with Crippen LogP contribution in [0.5, 0.6) is 0 Å². The molecule has 2 N–H and O–H groups in total. The highest BCUT2D eigenvalue weighted by atomic mass is 35.5. The molecule has 0 saturated carbocycles. The lowest BCUT2D eigenvalue weighted by Crippen LogP contribution is -2.17. The number of carbonyl (C=O) groups is 1. The number of nitrogens with two attached hydrogens (primary N) is 1. The smallest absolute Gasteiger partial charge is 0.137 e. The third-order valence-corrected chi connectivity index (χ3v) is 2.51. The van der Waals surface area contributed by atoms with Gasteiger partial charge in [-0.05, 0) is 37.1 Å². The van der Waals surface area contributed by atoms with Crippen molar-refractivity contribution in [3.05, 3.63) is 34.6 Å². The number of ketones is 1. The Labute approximate surface area is 99.6 Å². The van der Waals surface area contributed by atoms with Crippen molar-refractivity contribution in [2.75, 3.05) is 0 Å². The topological polar surface area (TPSA) is 43.1 Å². The number of benzene rings is 1. The van der Waals surface area contributed by atoms with Crippen LogP contribution in [-0.4, -0.2) is 11.8 Å². The van der Waals surface area contributed by atoms with E-state index in [1.54, 1.807) is 0 Å². The number of Topliss-reactive ketones (excluding diaryl/α,β-unsaturated/α-hetero) is 1. The van der Waals surface area contributed by atoms with Crippen LogP contribution < -0.4 is 5.73 Å². The lowest BCUT2D eigenvalue weighted by molar-refractivity contribution is -0.118. The van der Waals surface area contributed by atoms with E-state index in [1.165, 1.54) is 18.2 Å². The molecule has 0 aromatic heterocycles. The van der Waals surface area contributed by atoms with Crippen LogP contribution in [0, 0.1) is 5.82 Å². The van der Waals surface area contributed by atoms with Gasteiger partial charge < -0.3 is 5.73 Å². The first kappa shape index (κ1) is 13.1. The Balaban J connectivity index is 2.59. The second-order valence-corrected chi connectivity index (χ2v) is 4.40. The maximum absolute atomic E-state index is 13.3. The van der Waals surface area contributed by atoms with Gasteiger partial charge in [-0.1, -0.05) is 11.6 Å². The van der Waals surface area contributed by atoms with Crippen LogP contribution in [-0.2, 0) is 11.2 Å². The van der Waals surface area contributed by atoms with E-state index >= 15 is 0 Å². The summed E-state index contributed by atoms with van der Waals surface area (Å²) in [5.74, 6) is -0.406. The Morgan fingerprint density at radius 1 is 1.56 bits per heavy atom. The van der Waals surface area contributed by atoms with Crippen LogP contribution in [0.15, 0.2) is 18.2 Å². The van der Waals surface area contributed by atoms with E-state index in [1.807, 2.05) is 6.92 Å². The van der Waals surface area contributed by atoms with Gasteiger partial charge in [0.05, 0.1) is 0 Å². The third-order valence-electron chi connectivity index (χ3n) is 2.27. The molecule has 1 rings (SSSR count). The van der Waals surface area contributed by atoms with Crippen LogP contribution in [0.2, 0.25) is 5.02 Å². The molecule has 1 atom stereocenters. The molecular formula is C12H15ClFNO. The summed E-state index contributed by atoms with van der Waals surface area (Å²) in [6.07, 6.45) is 1.09. The van der Waals surface area contributed by atoms with Crippen LogP contribution in [0.25, 0.3) is 0 Å². The van der Waals surface area contributed by atoms with Crippen molar-refractivity contribution in [2.24, 2.45) is 5.73 Å². The van der Waals surface area contributed by atoms with E-state index in [0.29, 0.717) is 23.4 Å². The van der Waals surface area contributed by atoms with Crippen molar-refractivity contribution in [1.82, 2.24) is 0 Å². The fraction of sp³-hybridized carbons (Fsp3) is 0.417. The van der Waals surface area contributed by atoms with E-state index in [-0.39, 0.29) is 18.2 Å². The first-order valence-corrected chi connectivity index (χ1v) is 5.58. The van der Waals surface area contributed by atoms with Crippen LogP contribution in [0.1, 0.15) is 25.3 Å². The third kappa shape index (κ3) is 4.29. The average molecular weight is 244 g/mol. The molecule has 2 nitrogen and oxygen atoms in total. The molecule has 0 saturated heterocycles. The zero-order valence-corrected chi connectivity index (χ0v) is 9.93. The highest BCUT2D eigenvalue weighted by Gasteiger charge is 2.09. The van der Waals surface area contributed by atoms with E-state index in [2.05, 4.69) is 0 Å². The molecule has 4 heteroatoms. The highest BCUT2D eigenvalue weighted by molar-refractivity contribution is 6.30. The van der Waals surface area contributed by atoms with Gasteiger partial charge >= 0.3 is 0 Å². The summed E-state index contributed by atoms with van der Waals surface area (Å²) >= 11 is 5.73. The zero-order valence-electron chi connectivity index (χ0n) is 9.17. The molecule has 0 aliphatic carbocycles. The van der Waals surface area contributed by atoms with Gasteiger partial charge in [0, 0.05) is 23.9 Å². The number of halogens is 2. The Morgan fingerprint density at radius 3 is 2.88 bits per heavy atom. The summed E-state index contributed by atoms with van der Waals surface area (Å²) in [6.45, 7) is 1.84. The molecule has 1 unspecified atom stereocenters. The lowest BCUT2D eigenvalue weighted by atomic mass is 10.0. The predicted octanol–water partition coefficient (Wildman–Crippen LogP) is 2.72. The van der Waals surface area contributed by atoms with Gasteiger partial charge in [0.25, 0.3) is 0 Å². The fourth-order valence-electron chi connectivity index (χ4n) is 1.37. The van der Waals surface area contributed by atoms with Gasteiger partial charge in [-0.15, -0.1) is 0 Å². The number of hydrogen-bond donors (Lipinski definition) is 1. The zero-order chi connectivity index (χ0) is 12.1.